The Morgan fingerprint density at radius 1 is 1.35 bits per heavy atom. The molecule has 0 bridgehead atoms. The summed E-state index contributed by atoms with van der Waals surface area (Å²) in [6.45, 7) is 1.04. The Morgan fingerprint density at radius 3 is 2.76 bits per heavy atom. The highest BCUT2D eigenvalue weighted by molar-refractivity contribution is 7.89. The van der Waals surface area contributed by atoms with Gasteiger partial charge in [-0.3, -0.25) is 0 Å². The first-order valence-corrected chi connectivity index (χ1v) is 6.97. The number of nitrogens with one attached hydrogen (secondary N) is 2. The number of rotatable bonds is 7. The van der Waals surface area contributed by atoms with Crippen LogP contribution >= 0.6 is 0 Å². The van der Waals surface area contributed by atoms with Gasteiger partial charge in [0.05, 0.1) is 12.9 Å². The van der Waals surface area contributed by atoms with E-state index in [0.717, 1.165) is 11.3 Å². The SMILES string of the molecule is CNS(=O)(=O)CCNCc1cccc(OC)c1. The Morgan fingerprint density at radius 2 is 2.12 bits per heavy atom. The Labute approximate surface area is 102 Å². The smallest absolute Gasteiger partial charge is 0.212 e. The lowest BCUT2D eigenvalue weighted by molar-refractivity contribution is 0.414. The van der Waals surface area contributed by atoms with Gasteiger partial charge in [-0.25, -0.2) is 13.1 Å². The molecule has 2 N–H and O–H groups in total. The maximum atomic E-state index is 11.1. The number of benzene rings is 1. The molecule has 1 rings (SSSR count). The van der Waals surface area contributed by atoms with E-state index >= 15 is 0 Å². The molecule has 0 aliphatic rings. The van der Waals surface area contributed by atoms with Gasteiger partial charge in [0.15, 0.2) is 0 Å². The maximum Gasteiger partial charge on any atom is 0.212 e. The first kappa shape index (κ1) is 14.0. The average molecular weight is 258 g/mol. The molecule has 0 amide bonds. The Hall–Kier alpha value is -1.11. The lowest BCUT2D eigenvalue weighted by Gasteiger charge is -2.06. The van der Waals surface area contributed by atoms with Gasteiger partial charge in [-0.1, -0.05) is 12.1 Å². The molecular formula is C11H18N2O3S. The zero-order valence-electron chi connectivity index (χ0n) is 10.1. The molecule has 0 aliphatic heterocycles. The third-order valence-electron chi connectivity index (χ3n) is 2.32. The summed E-state index contributed by atoms with van der Waals surface area (Å²) in [4.78, 5) is 0. The van der Waals surface area contributed by atoms with Gasteiger partial charge >= 0.3 is 0 Å². The van der Waals surface area contributed by atoms with Crippen LogP contribution in [0.4, 0.5) is 0 Å². The molecule has 0 radical (unpaired) electrons. The molecule has 0 aliphatic carbocycles. The fourth-order valence-corrected chi connectivity index (χ4v) is 1.94. The second-order valence-electron chi connectivity index (χ2n) is 3.55. The van der Waals surface area contributed by atoms with Crippen LogP contribution in [0.25, 0.3) is 0 Å². The van der Waals surface area contributed by atoms with Gasteiger partial charge in [-0.2, -0.15) is 0 Å². The highest BCUT2D eigenvalue weighted by Crippen LogP contribution is 2.11. The van der Waals surface area contributed by atoms with Crippen molar-refractivity contribution in [3.05, 3.63) is 29.8 Å². The van der Waals surface area contributed by atoms with Crippen molar-refractivity contribution in [2.45, 2.75) is 6.54 Å². The van der Waals surface area contributed by atoms with E-state index in [2.05, 4.69) is 10.0 Å². The summed E-state index contributed by atoms with van der Waals surface area (Å²) < 4.78 is 29.6. The van der Waals surface area contributed by atoms with Gasteiger partial charge in [0.1, 0.15) is 5.75 Å². The monoisotopic (exact) mass is 258 g/mol. The molecule has 96 valence electrons. The summed E-state index contributed by atoms with van der Waals surface area (Å²) in [5.41, 5.74) is 1.06. The number of ether oxygens (including phenoxy) is 1. The third-order valence-corrected chi connectivity index (χ3v) is 3.69. The summed E-state index contributed by atoms with van der Waals surface area (Å²) in [5.74, 6) is 0.875. The van der Waals surface area contributed by atoms with Crippen LogP contribution in [0.1, 0.15) is 5.56 Å². The molecule has 1 aromatic carbocycles. The molecule has 5 nitrogen and oxygen atoms in total. The van der Waals surface area contributed by atoms with E-state index in [-0.39, 0.29) is 5.75 Å². The molecule has 0 unspecified atom stereocenters. The minimum absolute atomic E-state index is 0.0769. The van der Waals surface area contributed by atoms with Crippen LogP contribution in [0.5, 0.6) is 5.75 Å². The quantitative estimate of drug-likeness (QED) is 0.692. The molecule has 0 atom stereocenters. The zero-order chi connectivity index (χ0) is 12.7. The van der Waals surface area contributed by atoms with Crippen molar-refractivity contribution >= 4 is 10.0 Å². The number of hydrogen-bond donors (Lipinski definition) is 2. The van der Waals surface area contributed by atoms with Gasteiger partial charge in [0.25, 0.3) is 0 Å². The maximum absolute atomic E-state index is 11.1. The number of methoxy groups -OCH3 is 1. The number of sulfonamides is 1. The Kier molecular flexibility index (Phi) is 5.40. The van der Waals surface area contributed by atoms with Crippen molar-refractivity contribution in [3.63, 3.8) is 0 Å². The van der Waals surface area contributed by atoms with E-state index < -0.39 is 10.0 Å². The number of hydrogen-bond acceptors (Lipinski definition) is 4. The Bertz CT molecular complexity index is 446. The van der Waals surface area contributed by atoms with E-state index in [9.17, 15) is 8.42 Å². The van der Waals surface area contributed by atoms with Gasteiger partial charge in [-0.15, -0.1) is 0 Å². The van der Waals surface area contributed by atoms with E-state index in [1.54, 1.807) is 7.11 Å². The molecule has 0 heterocycles. The van der Waals surface area contributed by atoms with Crippen molar-refractivity contribution in [1.82, 2.24) is 10.0 Å². The molecule has 0 spiro atoms. The molecule has 6 heteroatoms. The van der Waals surface area contributed by atoms with E-state index in [1.807, 2.05) is 24.3 Å². The van der Waals surface area contributed by atoms with E-state index in [4.69, 9.17) is 4.74 Å². The summed E-state index contributed by atoms with van der Waals surface area (Å²) >= 11 is 0. The van der Waals surface area contributed by atoms with Crippen molar-refractivity contribution in [2.24, 2.45) is 0 Å². The van der Waals surface area contributed by atoms with Gasteiger partial charge in [0.2, 0.25) is 10.0 Å². The van der Waals surface area contributed by atoms with Crippen LogP contribution in [-0.2, 0) is 16.6 Å². The van der Waals surface area contributed by atoms with Crippen molar-refractivity contribution in [3.8, 4) is 5.75 Å². The second kappa shape index (κ2) is 6.58. The molecule has 0 saturated heterocycles. The van der Waals surface area contributed by atoms with Crippen molar-refractivity contribution < 1.29 is 13.2 Å². The first-order valence-electron chi connectivity index (χ1n) is 5.32. The van der Waals surface area contributed by atoms with Crippen LogP contribution in [0.15, 0.2) is 24.3 Å². The van der Waals surface area contributed by atoms with Gasteiger partial charge < -0.3 is 10.1 Å². The predicted molar refractivity (Wildman–Crippen MR) is 67.5 cm³/mol. The minimum atomic E-state index is -3.12. The summed E-state index contributed by atoms with van der Waals surface area (Å²) in [6, 6.07) is 7.65. The fourth-order valence-electron chi connectivity index (χ4n) is 1.32. The molecule has 0 saturated carbocycles. The molecule has 0 fully saturated rings. The molecule has 17 heavy (non-hydrogen) atoms. The molecule has 0 aromatic heterocycles. The zero-order valence-corrected chi connectivity index (χ0v) is 10.9. The van der Waals surface area contributed by atoms with E-state index in [1.165, 1.54) is 7.05 Å². The van der Waals surface area contributed by atoms with Crippen LogP contribution in [0.3, 0.4) is 0 Å². The highest BCUT2D eigenvalue weighted by Gasteiger charge is 2.05. The van der Waals surface area contributed by atoms with Gasteiger partial charge in [-0.05, 0) is 24.7 Å². The lowest BCUT2D eigenvalue weighted by atomic mass is 10.2. The summed E-state index contributed by atoms with van der Waals surface area (Å²) in [7, 11) is -0.0928. The van der Waals surface area contributed by atoms with Crippen LogP contribution in [0.2, 0.25) is 0 Å². The third kappa shape index (κ3) is 5.16. The minimum Gasteiger partial charge on any atom is -0.497 e. The highest BCUT2D eigenvalue weighted by atomic mass is 32.2. The standard InChI is InChI=1S/C11H18N2O3S/c1-12-17(14,15)7-6-13-9-10-4-3-5-11(8-10)16-2/h3-5,8,12-13H,6-7,9H2,1-2H3. The van der Waals surface area contributed by atoms with Crippen LogP contribution in [-0.4, -0.2) is 34.9 Å². The first-order chi connectivity index (χ1) is 8.07. The largest absolute Gasteiger partial charge is 0.497 e. The summed E-state index contributed by atoms with van der Waals surface area (Å²) in [5, 5.41) is 3.07. The summed E-state index contributed by atoms with van der Waals surface area (Å²) in [6.07, 6.45) is 0. The fraction of sp³-hybridized carbons (Fsp3) is 0.455. The van der Waals surface area contributed by atoms with Crippen molar-refractivity contribution in [2.75, 3.05) is 26.5 Å². The molecule has 1 aromatic rings. The lowest BCUT2D eigenvalue weighted by Crippen LogP contribution is -2.29. The topological polar surface area (TPSA) is 67.4 Å². The van der Waals surface area contributed by atoms with Crippen LogP contribution in [0, 0.1) is 0 Å². The predicted octanol–water partition coefficient (Wildman–Crippen LogP) is 0.334. The van der Waals surface area contributed by atoms with Gasteiger partial charge in [0, 0.05) is 13.1 Å². The average Bonchev–Trinajstić information content (AvgIpc) is 2.35. The normalized spacial score (nSPS) is 11.4. The molecular weight excluding hydrogens is 240 g/mol. The van der Waals surface area contributed by atoms with Crippen molar-refractivity contribution in [1.29, 1.82) is 0 Å². The van der Waals surface area contributed by atoms with E-state index in [0.29, 0.717) is 13.1 Å². The Balaban J connectivity index is 2.36. The van der Waals surface area contributed by atoms with Crippen LogP contribution < -0.4 is 14.8 Å². The second-order valence-corrected chi connectivity index (χ2v) is 5.60.